The second-order valence-electron chi connectivity index (χ2n) is 7.78. The molecule has 3 aromatic rings. The van der Waals surface area contributed by atoms with Gasteiger partial charge in [-0.1, -0.05) is 30.3 Å². The fourth-order valence-corrected chi connectivity index (χ4v) is 4.96. The van der Waals surface area contributed by atoms with Gasteiger partial charge in [0.2, 0.25) is 15.8 Å². The number of fused-ring (bicyclic) bond motifs is 1. The average molecular weight is 451 g/mol. The third-order valence-electron chi connectivity index (χ3n) is 5.46. The Balaban J connectivity index is 1.70. The number of nitrogens with zero attached hydrogens (tertiary/aromatic N) is 4. The van der Waals surface area contributed by atoms with E-state index < -0.39 is 16.1 Å². The van der Waals surface area contributed by atoms with Crippen LogP contribution in [0.5, 0.6) is 5.75 Å². The molecule has 0 aliphatic carbocycles. The van der Waals surface area contributed by atoms with Crippen molar-refractivity contribution in [3.63, 3.8) is 0 Å². The molecule has 0 radical (unpaired) electrons. The third kappa shape index (κ3) is 4.28. The lowest BCUT2D eigenvalue weighted by atomic mass is 9.95. The summed E-state index contributed by atoms with van der Waals surface area (Å²) in [4.78, 5) is 20.6. The highest BCUT2D eigenvalue weighted by atomic mass is 32.2. The third-order valence-corrected chi connectivity index (χ3v) is 6.74. The van der Waals surface area contributed by atoms with Crippen molar-refractivity contribution in [2.24, 2.45) is 7.05 Å². The first-order chi connectivity index (χ1) is 15.3. The number of carbonyl (C=O) groups is 1. The highest BCUT2D eigenvalue weighted by Gasteiger charge is 2.33. The van der Waals surface area contributed by atoms with Crippen LogP contribution < -0.4 is 4.74 Å². The SMILES string of the molecule is [C-]#[N+]c1cc2c(c(C(=O)c3cncn3C)c1)OCC(N(Cc1ccccc1)S(C)(=O)=O)C2. The Morgan fingerprint density at radius 3 is 2.69 bits per heavy atom. The minimum absolute atomic E-state index is 0.107. The normalized spacial score (nSPS) is 15.6. The first-order valence-electron chi connectivity index (χ1n) is 9.97. The Bertz CT molecular complexity index is 1310. The topological polar surface area (TPSA) is 85.9 Å². The fourth-order valence-electron chi connectivity index (χ4n) is 3.90. The van der Waals surface area contributed by atoms with Gasteiger partial charge in [-0.3, -0.25) is 4.79 Å². The summed E-state index contributed by atoms with van der Waals surface area (Å²) in [5.41, 5.74) is 2.46. The number of carbonyl (C=O) groups excluding carboxylic acids is 1. The van der Waals surface area contributed by atoms with Crippen molar-refractivity contribution in [3.05, 3.63) is 88.8 Å². The number of aryl methyl sites for hydroxylation is 1. The van der Waals surface area contributed by atoms with E-state index >= 15 is 0 Å². The summed E-state index contributed by atoms with van der Waals surface area (Å²) in [6, 6.07) is 12.1. The molecule has 2 aromatic carbocycles. The van der Waals surface area contributed by atoms with Crippen molar-refractivity contribution < 1.29 is 17.9 Å². The van der Waals surface area contributed by atoms with E-state index in [2.05, 4.69) is 9.83 Å². The molecule has 0 saturated heterocycles. The molecule has 164 valence electrons. The first kappa shape index (κ1) is 21.7. The Kier molecular flexibility index (Phi) is 5.82. The number of ketones is 1. The van der Waals surface area contributed by atoms with E-state index in [1.165, 1.54) is 29.2 Å². The van der Waals surface area contributed by atoms with Gasteiger partial charge in [0, 0.05) is 13.6 Å². The minimum atomic E-state index is -3.53. The second kappa shape index (κ2) is 8.57. The van der Waals surface area contributed by atoms with Crippen LogP contribution in [0.25, 0.3) is 4.85 Å². The summed E-state index contributed by atoms with van der Waals surface area (Å²) in [7, 11) is -1.82. The molecular formula is C23H22N4O4S. The molecule has 4 rings (SSSR count). The van der Waals surface area contributed by atoms with Crippen LogP contribution in [-0.2, 0) is 30.0 Å². The van der Waals surface area contributed by atoms with Gasteiger partial charge in [-0.2, -0.15) is 4.31 Å². The number of aromatic nitrogens is 2. The van der Waals surface area contributed by atoms with Gasteiger partial charge in [0.1, 0.15) is 18.1 Å². The van der Waals surface area contributed by atoms with Crippen LogP contribution in [0, 0.1) is 6.57 Å². The largest absolute Gasteiger partial charge is 0.491 e. The van der Waals surface area contributed by atoms with Crippen LogP contribution in [-0.4, -0.2) is 47.0 Å². The maximum Gasteiger partial charge on any atom is 0.213 e. The number of imidazole rings is 1. The van der Waals surface area contributed by atoms with Gasteiger partial charge < -0.3 is 9.30 Å². The Labute approximate surface area is 186 Å². The van der Waals surface area contributed by atoms with E-state index in [-0.39, 0.29) is 24.5 Å². The second-order valence-corrected chi connectivity index (χ2v) is 9.71. The first-order valence-corrected chi connectivity index (χ1v) is 11.8. The Morgan fingerprint density at radius 1 is 1.31 bits per heavy atom. The molecule has 2 heterocycles. The number of hydrogen-bond donors (Lipinski definition) is 0. The Morgan fingerprint density at radius 2 is 2.06 bits per heavy atom. The number of sulfonamides is 1. The smallest absolute Gasteiger partial charge is 0.213 e. The molecule has 0 bridgehead atoms. The number of rotatable bonds is 6. The molecule has 9 heteroatoms. The molecule has 1 atom stereocenters. The number of ether oxygens (including phenoxy) is 1. The van der Waals surface area contributed by atoms with Crippen molar-refractivity contribution in [2.45, 2.75) is 19.0 Å². The van der Waals surface area contributed by atoms with E-state index in [9.17, 15) is 13.2 Å². The maximum absolute atomic E-state index is 13.1. The lowest BCUT2D eigenvalue weighted by molar-refractivity contribution is 0.102. The molecule has 0 saturated carbocycles. The molecule has 1 aliphatic rings. The zero-order valence-corrected chi connectivity index (χ0v) is 18.5. The molecule has 1 unspecified atom stereocenters. The molecular weight excluding hydrogens is 428 g/mol. The summed E-state index contributed by atoms with van der Waals surface area (Å²) in [5, 5.41) is 0. The number of hydrogen-bond acceptors (Lipinski definition) is 5. The molecule has 0 N–H and O–H groups in total. The van der Waals surface area contributed by atoms with E-state index in [0.29, 0.717) is 29.1 Å². The van der Waals surface area contributed by atoms with E-state index in [0.717, 1.165) is 5.56 Å². The summed E-state index contributed by atoms with van der Waals surface area (Å²) < 4.78 is 34.2. The molecule has 8 nitrogen and oxygen atoms in total. The predicted molar refractivity (Wildman–Crippen MR) is 119 cm³/mol. The molecule has 32 heavy (non-hydrogen) atoms. The maximum atomic E-state index is 13.1. The van der Waals surface area contributed by atoms with Gasteiger partial charge in [0.25, 0.3) is 0 Å². The molecule has 0 fully saturated rings. The molecule has 0 amide bonds. The summed E-state index contributed by atoms with van der Waals surface area (Å²) in [6.45, 7) is 7.77. The van der Waals surface area contributed by atoms with Gasteiger partial charge in [-0.25, -0.2) is 18.2 Å². The van der Waals surface area contributed by atoms with Gasteiger partial charge in [0.15, 0.2) is 5.69 Å². The van der Waals surface area contributed by atoms with Gasteiger partial charge in [-0.15, -0.1) is 0 Å². The standard InChI is InChI=1S/C23H22N4O4S/c1-24-18-9-17-10-19(27(32(3,29)30)13-16-7-5-4-6-8-16)14-31-23(17)20(11-18)22(28)21-12-25-15-26(21)2/h4-9,11-12,15,19H,10,13-14H2,2-3H3. The molecule has 1 aliphatic heterocycles. The summed E-state index contributed by atoms with van der Waals surface area (Å²) in [6.07, 6.45) is 4.52. The fraction of sp³-hybridized carbons (Fsp3) is 0.261. The molecule has 1 aromatic heterocycles. The lowest BCUT2D eigenvalue weighted by Gasteiger charge is -2.34. The van der Waals surface area contributed by atoms with Crippen LogP contribution in [0.15, 0.2) is 55.0 Å². The van der Waals surface area contributed by atoms with Crippen LogP contribution in [0.2, 0.25) is 0 Å². The Hall–Kier alpha value is -3.48. The van der Waals surface area contributed by atoms with Crippen molar-refractivity contribution in [3.8, 4) is 5.75 Å². The zero-order chi connectivity index (χ0) is 22.9. The van der Waals surface area contributed by atoms with Crippen molar-refractivity contribution in [1.82, 2.24) is 13.9 Å². The van der Waals surface area contributed by atoms with Gasteiger partial charge in [0.05, 0.1) is 37.0 Å². The van der Waals surface area contributed by atoms with E-state index in [4.69, 9.17) is 11.3 Å². The van der Waals surface area contributed by atoms with E-state index in [1.807, 2.05) is 30.3 Å². The van der Waals surface area contributed by atoms with E-state index in [1.54, 1.807) is 17.7 Å². The van der Waals surface area contributed by atoms with Crippen LogP contribution in [0.1, 0.15) is 27.2 Å². The van der Waals surface area contributed by atoms with Gasteiger partial charge in [-0.05, 0) is 29.7 Å². The summed E-state index contributed by atoms with van der Waals surface area (Å²) >= 11 is 0. The highest BCUT2D eigenvalue weighted by molar-refractivity contribution is 7.88. The average Bonchev–Trinajstić information content (AvgIpc) is 3.21. The zero-order valence-electron chi connectivity index (χ0n) is 17.7. The molecule has 0 spiro atoms. The van der Waals surface area contributed by atoms with Crippen molar-refractivity contribution in [2.75, 3.05) is 12.9 Å². The van der Waals surface area contributed by atoms with Crippen molar-refractivity contribution >= 4 is 21.5 Å². The highest BCUT2D eigenvalue weighted by Crippen LogP contribution is 2.36. The lowest BCUT2D eigenvalue weighted by Crippen LogP contribution is -2.45. The van der Waals surface area contributed by atoms with Crippen LogP contribution >= 0.6 is 0 Å². The van der Waals surface area contributed by atoms with Crippen LogP contribution in [0.3, 0.4) is 0 Å². The van der Waals surface area contributed by atoms with Crippen LogP contribution in [0.4, 0.5) is 5.69 Å². The predicted octanol–water partition coefficient (Wildman–Crippen LogP) is 2.97. The minimum Gasteiger partial charge on any atom is -0.491 e. The quantitative estimate of drug-likeness (QED) is 0.426. The van der Waals surface area contributed by atoms with Gasteiger partial charge >= 0.3 is 0 Å². The number of benzene rings is 2. The monoisotopic (exact) mass is 450 g/mol. The summed E-state index contributed by atoms with van der Waals surface area (Å²) in [5.74, 6) is 0.0995. The van der Waals surface area contributed by atoms with Crippen molar-refractivity contribution in [1.29, 1.82) is 0 Å².